The highest BCUT2D eigenvalue weighted by Gasteiger charge is 2.33. The summed E-state index contributed by atoms with van der Waals surface area (Å²) in [5.41, 5.74) is 2.64. The first-order valence-electron chi connectivity index (χ1n) is 20.6. The van der Waals surface area contributed by atoms with Crippen LogP contribution in [0.4, 0.5) is 65.4 Å². The van der Waals surface area contributed by atoms with Crippen molar-refractivity contribution in [1.82, 2.24) is 29.9 Å². The van der Waals surface area contributed by atoms with E-state index in [0.717, 1.165) is 31.7 Å². The molecule has 0 saturated carbocycles. The number of amides is 2. The third kappa shape index (κ3) is 12.0. The van der Waals surface area contributed by atoms with Gasteiger partial charge in [-0.05, 0) is 60.7 Å². The molecule has 4 aromatic carbocycles. The number of halogens is 3. The summed E-state index contributed by atoms with van der Waals surface area (Å²) in [7, 11) is 0. The average molecular weight is 876 g/mol. The fourth-order valence-corrected chi connectivity index (χ4v) is 7.22. The van der Waals surface area contributed by atoms with E-state index in [9.17, 15) is 22.8 Å². The summed E-state index contributed by atoms with van der Waals surface area (Å²) in [6, 6.07) is 29.9. The van der Waals surface area contributed by atoms with Crippen LogP contribution in [0.5, 0.6) is 11.5 Å². The van der Waals surface area contributed by atoms with Gasteiger partial charge in [-0.15, -0.1) is 13.2 Å². The lowest BCUT2D eigenvalue weighted by molar-refractivity contribution is -0.274. The molecule has 0 radical (unpaired) electrons. The second-order valence-electron chi connectivity index (χ2n) is 14.8. The highest BCUT2D eigenvalue weighted by molar-refractivity contribution is 5.97. The lowest BCUT2D eigenvalue weighted by Gasteiger charge is -2.36. The van der Waals surface area contributed by atoms with Crippen LogP contribution in [0.1, 0.15) is 25.7 Å². The molecular formula is C44H44F3N13O4. The summed E-state index contributed by atoms with van der Waals surface area (Å²) in [6.07, 6.45) is -0.284. The quantitative estimate of drug-likeness (QED) is 0.0812. The second-order valence-corrected chi connectivity index (χ2v) is 14.8. The third-order valence-corrected chi connectivity index (χ3v) is 10.3. The number of piperazine rings is 1. The van der Waals surface area contributed by atoms with Gasteiger partial charge in [-0.3, -0.25) is 9.59 Å². The van der Waals surface area contributed by atoms with Crippen molar-refractivity contribution in [1.29, 1.82) is 0 Å². The molecule has 2 saturated heterocycles. The predicted molar refractivity (Wildman–Crippen MR) is 235 cm³/mol. The number of anilines is 9. The van der Waals surface area contributed by atoms with E-state index in [1.807, 2.05) is 46.2 Å². The van der Waals surface area contributed by atoms with Gasteiger partial charge in [0.15, 0.2) is 5.75 Å². The highest BCUT2D eigenvalue weighted by atomic mass is 19.4. The van der Waals surface area contributed by atoms with Crippen LogP contribution in [0.3, 0.4) is 0 Å². The summed E-state index contributed by atoms with van der Waals surface area (Å²) in [5, 5.41) is 12.0. The molecular weight excluding hydrogens is 832 g/mol. The van der Waals surface area contributed by atoms with Crippen LogP contribution >= 0.6 is 0 Å². The fraction of sp³-hybridized carbons (Fsp3) is 0.273. The van der Waals surface area contributed by atoms with Gasteiger partial charge in [0.25, 0.3) is 0 Å². The summed E-state index contributed by atoms with van der Waals surface area (Å²) < 4.78 is 49.3. The van der Waals surface area contributed by atoms with Crippen LogP contribution in [0.2, 0.25) is 0 Å². The average Bonchev–Trinajstić information content (AvgIpc) is 3.29. The van der Waals surface area contributed by atoms with Gasteiger partial charge in [0.05, 0.1) is 5.69 Å². The maximum absolute atomic E-state index is 13.0. The molecule has 2 aliphatic rings. The molecule has 0 atom stereocenters. The zero-order valence-electron chi connectivity index (χ0n) is 34.4. The van der Waals surface area contributed by atoms with E-state index in [2.05, 4.69) is 60.8 Å². The summed E-state index contributed by atoms with van der Waals surface area (Å²) in [5.74, 6) is 1.51. The van der Waals surface area contributed by atoms with E-state index in [1.54, 1.807) is 54.6 Å². The Morgan fingerprint density at radius 2 is 1.09 bits per heavy atom. The molecule has 2 aromatic heterocycles. The maximum Gasteiger partial charge on any atom is 0.573 e. The molecule has 6 aromatic rings. The molecule has 4 N–H and O–H groups in total. The number of rotatable bonds is 15. The first-order valence-corrected chi connectivity index (χ1v) is 20.6. The lowest BCUT2D eigenvalue weighted by atomic mass is 10.1. The Hall–Kier alpha value is -7.77. The van der Waals surface area contributed by atoms with E-state index < -0.39 is 6.36 Å². The van der Waals surface area contributed by atoms with Crippen LogP contribution in [0.15, 0.2) is 116 Å². The normalized spacial score (nSPS) is 14.4. The molecule has 8 rings (SSSR count). The zero-order valence-corrected chi connectivity index (χ0v) is 34.4. The largest absolute Gasteiger partial charge is 0.573 e. The number of piperidine rings is 1. The van der Waals surface area contributed by atoms with Gasteiger partial charge in [-0.1, -0.05) is 42.5 Å². The number of alkyl halides is 3. The van der Waals surface area contributed by atoms with Gasteiger partial charge in [0, 0.05) is 87.7 Å². The van der Waals surface area contributed by atoms with Crippen LogP contribution in [-0.4, -0.2) is 93.5 Å². The van der Waals surface area contributed by atoms with Crippen LogP contribution < -0.4 is 45.4 Å². The molecule has 2 amide bonds. The summed E-state index contributed by atoms with van der Waals surface area (Å²) in [4.78, 5) is 58.0. The second kappa shape index (κ2) is 20.0. The highest BCUT2D eigenvalue weighted by Crippen LogP contribution is 2.34. The van der Waals surface area contributed by atoms with Crippen LogP contribution in [-0.2, 0) is 9.59 Å². The van der Waals surface area contributed by atoms with Crippen molar-refractivity contribution in [2.75, 3.05) is 75.2 Å². The molecule has 0 spiro atoms. The summed E-state index contributed by atoms with van der Waals surface area (Å²) in [6.45, 7) is 3.21. The first-order chi connectivity index (χ1) is 31.1. The zero-order chi connectivity index (χ0) is 44.3. The van der Waals surface area contributed by atoms with Crippen molar-refractivity contribution < 1.29 is 32.2 Å². The fourth-order valence-electron chi connectivity index (χ4n) is 7.22. The molecule has 20 heteroatoms. The van der Waals surface area contributed by atoms with Crippen molar-refractivity contribution >= 4 is 64.0 Å². The topological polar surface area (TPSA) is 188 Å². The van der Waals surface area contributed by atoms with Gasteiger partial charge < -0.3 is 45.4 Å². The van der Waals surface area contributed by atoms with Crippen molar-refractivity contribution in [3.05, 3.63) is 116 Å². The molecule has 0 unspecified atom stereocenters. The Balaban J connectivity index is 0.776. The Morgan fingerprint density at radius 1 is 0.594 bits per heavy atom. The van der Waals surface area contributed by atoms with Gasteiger partial charge in [-0.2, -0.15) is 9.97 Å². The molecule has 0 aliphatic carbocycles. The Bertz CT molecular complexity index is 2520. The third-order valence-electron chi connectivity index (χ3n) is 10.3. The first kappa shape index (κ1) is 42.9. The van der Waals surface area contributed by atoms with Crippen molar-refractivity contribution in [3.8, 4) is 11.5 Å². The van der Waals surface area contributed by atoms with E-state index in [0.29, 0.717) is 72.5 Å². The minimum atomic E-state index is -4.80. The number of benzene rings is 4. The smallest absolute Gasteiger partial charge is 0.490 e. The van der Waals surface area contributed by atoms with E-state index in [4.69, 9.17) is 4.74 Å². The predicted octanol–water partition coefficient (Wildman–Crippen LogP) is 7.17. The van der Waals surface area contributed by atoms with Gasteiger partial charge in [0.2, 0.25) is 35.6 Å². The van der Waals surface area contributed by atoms with Crippen LogP contribution in [0, 0.1) is 0 Å². The van der Waals surface area contributed by atoms with E-state index in [1.165, 1.54) is 24.8 Å². The number of hydrogen-bond acceptors (Lipinski definition) is 15. The number of ether oxygens (including phenoxy) is 2. The molecule has 17 nitrogen and oxygen atoms in total. The summed E-state index contributed by atoms with van der Waals surface area (Å²) >= 11 is 0. The number of nitrogens with zero attached hydrogens (tertiary/aromatic N) is 9. The Morgan fingerprint density at radius 3 is 1.66 bits per heavy atom. The number of hydrogen-bond donors (Lipinski definition) is 4. The minimum absolute atomic E-state index is 0.0545. The van der Waals surface area contributed by atoms with Gasteiger partial charge in [0.1, 0.15) is 24.5 Å². The minimum Gasteiger partial charge on any atom is -0.490 e. The molecule has 2 fully saturated rings. The number of carbonyl (C=O) groups excluding carboxylic acids is 2. The molecule has 330 valence electrons. The molecule has 4 heterocycles. The number of para-hydroxylation sites is 3. The van der Waals surface area contributed by atoms with E-state index in [-0.39, 0.29) is 42.5 Å². The molecule has 2 aliphatic heterocycles. The van der Waals surface area contributed by atoms with Crippen molar-refractivity contribution in [3.63, 3.8) is 0 Å². The van der Waals surface area contributed by atoms with Crippen LogP contribution in [0.25, 0.3) is 0 Å². The van der Waals surface area contributed by atoms with Crippen molar-refractivity contribution in [2.45, 2.75) is 38.1 Å². The maximum atomic E-state index is 13.0. The Kier molecular flexibility index (Phi) is 13.4. The number of carbonyl (C=O) groups is 2. The Labute approximate surface area is 366 Å². The molecule has 64 heavy (non-hydrogen) atoms. The number of aromatic nitrogens is 6. The standard InChI is InChI=1S/C44H44F3N13O4/c45-44(46,47)64-37-15-5-4-14-36(37)58-22-24-60(25-23-58)43-51-29-49-41(57-43)55-33-11-7-9-31(27-33)53-39(62)17-16-38(61)52-30-8-6-10-32(26-30)54-40-48-28-50-42(56-40)59-20-18-35(19-21-59)63-34-12-2-1-3-13-34/h1-15,26-29,35H,16-25H2,(H,52,61)(H,53,62)(H,48,50,54,56)(H,49,51,55,57). The SMILES string of the molecule is O=C(CCC(=O)Nc1cccc(Nc2ncnc(N3CCN(c4ccccc4OC(F)(F)F)CC3)n2)c1)Nc1cccc(Nc2ncnc(N3CCC(Oc4ccccc4)CC3)n2)c1. The lowest BCUT2D eigenvalue weighted by Crippen LogP contribution is -2.47. The van der Waals surface area contributed by atoms with Crippen molar-refractivity contribution in [2.24, 2.45) is 0 Å². The number of nitrogens with one attached hydrogen (secondary N) is 4. The molecule has 0 bridgehead atoms. The monoisotopic (exact) mass is 875 g/mol. The van der Waals surface area contributed by atoms with E-state index >= 15 is 0 Å². The van der Waals surface area contributed by atoms with Gasteiger partial charge >= 0.3 is 6.36 Å². The van der Waals surface area contributed by atoms with Gasteiger partial charge in [-0.25, -0.2) is 19.9 Å².